The molecule has 5 nitrogen and oxygen atoms in total. The van der Waals surface area contributed by atoms with E-state index in [-0.39, 0.29) is 5.56 Å². The number of nitrogens with two attached hydrogens (primary N) is 1. The first-order valence-corrected chi connectivity index (χ1v) is 6.38. The van der Waals surface area contributed by atoms with Crippen LogP contribution in [-0.2, 0) is 19.5 Å². The van der Waals surface area contributed by atoms with E-state index in [1.165, 1.54) is 11.1 Å². The van der Waals surface area contributed by atoms with Crippen LogP contribution >= 0.6 is 0 Å². The first-order chi connectivity index (χ1) is 9.15. The van der Waals surface area contributed by atoms with E-state index in [0.717, 1.165) is 36.8 Å². The largest absolute Gasteiger partial charge is 0.399 e. The first kappa shape index (κ1) is 11.8. The average molecular weight is 256 g/mol. The van der Waals surface area contributed by atoms with Gasteiger partial charge in [0.1, 0.15) is 11.6 Å². The molecule has 5 heteroatoms. The molecule has 2 aromatic rings. The van der Waals surface area contributed by atoms with Gasteiger partial charge in [-0.2, -0.15) is 0 Å². The van der Waals surface area contributed by atoms with Gasteiger partial charge in [0.05, 0.1) is 0 Å². The van der Waals surface area contributed by atoms with Crippen molar-refractivity contribution >= 4 is 11.5 Å². The van der Waals surface area contributed by atoms with Crippen molar-refractivity contribution in [1.29, 1.82) is 0 Å². The van der Waals surface area contributed by atoms with Crippen LogP contribution < -0.4 is 16.2 Å². The standard InChI is InChI=1S/C14H16N4O/c1-2-12-16-13(6-14(19)17-12)18-7-9-3-4-11(15)5-10(9)8-18/h3-6H,2,7-8,15H2,1H3,(H,16,17,19). The van der Waals surface area contributed by atoms with Gasteiger partial charge in [-0.1, -0.05) is 13.0 Å². The molecule has 1 aliphatic rings. The van der Waals surface area contributed by atoms with Crippen molar-refractivity contribution in [3.05, 3.63) is 51.6 Å². The summed E-state index contributed by atoms with van der Waals surface area (Å²) in [4.78, 5) is 20.9. The molecule has 0 saturated heterocycles. The zero-order valence-corrected chi connectivity index (χ0v) is 10.8. The van der Waals surface area contributed by atoms with E-state index in [1.54, 1.807) is 6.07 Å². The van der Waals surface area contributed by atoms with Crippen LogP contribution in [0.15, 0.2) is 29.1 Å². The van der Waals surface area contributed by atoms with E-state index in [2.05, 4.69) is 14.9 Å². The number of benzene rings is 1. The van der Waals surface area contributed by atoms with E-state index in [4.69, 9.17) is 5.73 Å². The van der Waals surface area contributed by atoms with Gasteiger partial charge in [-0.05, 0) is 23.3 Å². The normalized spacial score (nSPS) is 13.6. The number of nitrogens with zero attached hydrogens (tertiary/aromatic N) is 2. The Labute approximate surface area is 111 Å². The number of hydrogen-bond donors (Lipinski definition) is 2. The highest BCUT2D eigenvalue weighted by Crippen LogP contribution is 2.27. The lowest BCUT2D eigenvalue weighted by molar-refractivity contribution is 0.822. The van der Waals surface area contributed by atoms with E-state index < -0.39 is 0 Å². The fraction of sp³-hybridized carbons (Fsp3) is 0.286. The van der Waals surface area contributed by atoms with Crippen LogP contribution in [0, 0.1) is 0 Å². The van der Waals surface area contributed by atoms with Crippen molar-refractivity contribution in [2.75, 3.05) is 10.6 Å². The number of nitrogens with one attached hydrogen (secondary N) is 1. The van der Waals surface area contributed by atoms with Crippen molar-refractivity contribution in [2.24, 2.45) is 0 Å². The minimum atomic E-state index is -0.0997. The Morgan fingerprint density at radius 1 is 1.32 bits per heavy atom. The zero-order chi connectivity index (χ0) is 13.4. The third-order valence-electron chi connectivity index (χ3n) is 3.39. The van der Waals surface area contributed by atoms with Gasteiger partial charge in [-0.25, -0.2) is 4.98 Å². The third-order valence-corrected chi connectivity index (χ3v) is 3.39. The molecule has 19 heavy (non-hydrogen) atoms. The van der Waals surface area contributed by atoms with E-state index in [9.17, 15) is 4.79 Å². The summed E-state index contributed by atoms with van der Waals surface area (Å²) in [6.45, 7) is 3.50. The van der Waals surface area contributed by atoms with Crippen LogP contribution in [0.1, 0.15) is 23.9 Å². The molecule has 98 valence electrons. The second-order valence-electron chi connectivity index (χ2n) is 4.79. The lowest BCUT2D eigenvalue weighted by Crippen LogP contribution is -2.21. The fourth-order valence-electron chi connectivity index (χ4n) is 2.40. The molecule has 3 rings (SSSR count). The fourth-order valence-corrected chi connectivity index (χ4v) is 2.40. The van der Waals surface area contributed by atoms with Crippen molar-refractivity contribution in [3.63, 3.8) is 0 Å². The molecule has 0 fully saturated rings. The highest BCUT2D eigenvalue weighted by molar-refractivity contribution is 5.52. The summed E-state index contributed by atoms with van der Waals surface area (Å²) < 4.78 is 0. The molecule has 1 aliphatic heterocycles. The van der Waals surface area contributed by atoms with Gasteiger partial charge in [-0.3, -0.25) is 4.79 Å². The monoisotopic (exact) mass is 256 g/mol. The highest BCUT2D eigenvalue weighted by Gasteiger charge is 2.20. The lowest BCUT2D eigenvalue weighted by atomic mass is 10.1. The summed E-state index contributed by atoms with van der Waals surface area (Å²) in [7, 11) is 0. The average Bonchev–Trinajstić information content (AvgIpc) is 2.80. The van der Waals surface area contributed by atoms with Crippen molar-refractivity contribution in [1.82, 2.24) is 9.97 Å². The van der Waals surface area contributed by atoms with Crippen LogP contribution in [-0.4, -0.2) is 9.97 Å². The predicted molar refractivity (Wildman–Crippen MR) is 75.0 cm³/mol. The number of hydrogen-bond acceptors (Lipinski definition) is 4. The van der Waals surface area contributed by atoms with Gasteiger partial charge in [0.15, 0.2) is 0 Å². The summed E-state index contributed by atoms with van der Waals surface area (Å²) in [5.74, 6) is 1.45. The van der Waals surface area contributed by atoms with Crippen molar-refractivity contribution < 1.29 is 0 Å². The number of aromatic nitrogens is 2. The maximum absolute atomic E-state index is 11.6. The van der Waals surface area contributed by atoms with Gasteiger partial charge < -0.3 is 15.6 Å². The van der Waals surface area contributed by atoms with Crippen LogP contribution in [0.5, 0.6) is 0 Å². The van der Waals surface area contributed by atoms with Crippen LogP contribution in [0.25, 0.3) is 0 Å². The lowest BCUT2D eigenvalue weighted by Gasteiger charge is -2.16. The Hall–Kier alpha value is -2.30. The van der Waals surface area contributed by atoms with E-state index in [0.29, 0.717) is 0 Å². The first-order valence-electron chi connectivity index (χ1n) is 6.38. The van der Waals surface area contributed by atoms with E-state index in [1.807, 2.05) is 25.1 Å². The summed E-state index contributed by atoms with van der Waals surface area (Å²) in [5, 5.41) is 0. The minimum absolute atomic E-state index is 0.0997. The molecular weight excluding hydrogens is 240 g/mol. The highest BCUT2D eigenvalue weighted by atomic mass is 16.1. The zero-order valence-electron chi connectivity index (χ0n) is 10.8. The Kier molecular flexibility index (Phi) is 2.74. The molecule has 0 bridgehead atoms. The number of rotatable bonds is 2. The molecular formula is C14H16N4O. The second-order valence-corrected chi connectivity index (χ2v) is 4.79. The number of H-pyrrole nitrogens is 1. The van der Waals surface area contributed by atoms with Gasteiger partial charge in [0.25, 0.3) is 5.56 Å². The summed E-state index contributed by atoms with van der Waals surface area (Å²) in [5.41, 5.74) is 8.92. The van der Waals surface area contributed by atoms with Gasteiger partial charge >= 0.3 is 0 Å². The van der Waals surface area contributed by atoms with Crippen molar-refractivity contribution in [3.8, 4) is 0 Å². The number of anilines is 2. The number of aryl methyl sites for hydroxylation is 1. The molecule has 1 aromatic carbocycles. The summed E-state index contributed by atoms with van der Waals surface area (Å²) >= 11 is 0. The van der Waals surface area contributed by atoms with Crippen LogP contribution in [0.2, 0.25) is 0 Å². The molecule has 0 radical (unpaired) electrons. The molecule has 0 atom stereocenters. The molecule has 0 saturated carbocycles. The quantitative estimate of drug-likeness (QED) is 0.797. The van der Waals surface area contributed by atoms with Crippen LogP contribution in [0.3, 0.4) is 0 Å². The molecule has 1 aromatic heterocycles. The number of fused-ring (bicyclic) bond motifs is 1. The van der Waals surface area contributed by atoms with Gasteiger partial charge in [0.2, 0.25) is 0 Å². The van der Waals surface area contributed by atoms with E-state index >= 15 is 0 Å². The summed E-state index contributed by atoms with van der Waals surface area (Å²) in [6.07, 6.45) is 0.719. The Morgan fingerprint density at radius 3 is 2.89 bits per heavy atom. The smallest absolute Gasteiger partial charge is 0.252 e. The molecule has 0 unspecified atom stereocenters. The SMILES string of the molecule is CCc1nc(N2Cc3ccc(N)cc3C2)cc(=O)[nH]1. The molecule has 0 spiro atoms. The molecule has 2 heterocycles. The maximum Gasteiger partial charge on any atom is 0.252 e. The molecule has 3 N–H and O–H groups in total. The topological polar surface area (TPSA) is 75.0 Å². The minimum Gasteiger partial charge on any atom is -0.399 e. The maximum atomic E-state index is 11.6. The van der Waals surface area contributed by atoms with Gasteiger partial charge in [-0.15, -0.1) is 0 Å². The number of nitrogen functional groups attached to an aromatic ring is 1. The second kappa shape index (κ2) is 4.42. The number of aromatic amines is 1. The molecule has 0 amide bonds. The Morgan fingerprint density at radius 2 is 2.11 bits per heavy atom. The third kappa shape index (κ3) is 2.19. The summed E-state index contributed by atoms with van der Waals surface area (Å²) in [6, 6.07) is 7.49. The molecule has 0 aliphatic carbocycles. The Balaban J connectivity index is 1.94. The predicted octanol–water partition coefficient (Wildman–Crippen LogP) is 1.43. The van der Waals surface area contributed by atoms with Crippen molar-refractivity contribution in [2.45, 2.75) is 26.4 Å². The Bertz CT molecular complexity index is 677. The van der Waals surface area contributed by atoms with Gasteiger partial charge in [0, 0.05) is 31.3 Å². The van der Waals surface area contributed by atoms with Crippen LogP contribution in [0.4, 0.5) is 11.5 Å².